The van der Waals surface area contributed by atoms with Crippen LogP contribution in [0.4, 0.5) is 4.39 Å². The Hall–Kier alpha value is -1.000. The van der Waals surface area contributed by atoms with Crippen molar-refractivity contribution in [3.8, 4) is 11.1 Å². The SMILES string of the molecule is O=C(O)c1cc(F)c(-c2cc(Cl)cc(Cl)c2Cl)cc1Cl. The molecule has 2 rings (SSSR count). The van der Waals surface area contributed by atoms with Gasteiger partial charge in [0.25, 0.3) is 0 Å². The van der Waals surface area contributed by atoms with Gasteiger partial charge in [-0.25, -0.2) is 9.18 Å². The van der Waals surface area contributed by atoms with E-state index in [0.29, 0.717) is 0 Å². The van der Waals surface area contributed by atoms with E-state index in [1.165, 1.54) is 18.2 Å². The average Bonchev–Trinajstić information content (AvgIpc) is 2.36. The molecular formula is C13H5Cl4FO2. The zero-order valence-corrected chi connectivity index (χ0v) is 12.6. The Morgan fingerprint density at radius 1 is 0.950 bits per heavy atom. The molecule has 0 radical (unpaired) electrons. The summed E-state index contributed by atoms with van der Waals surface area (Å²) in [5, 5.41) is 9.30. The number of carboxylic acid groups (broad SMARTS) is 1. The highest BCUT2D eigenvalue weighted by Crippen LogP contribution is 2.39. The Balaban J connectivity index is 2.71. The molecule has 0 bridgehead atoms. The molecular weight excluding hydrogens is 349 g/mol. The van der Waals surface area contributed by atoms with E-state index in [-0.39, 0.29) is 36.8 Å². The van der Waals surface area contributed by atoms with Crippen molar-refractivity contribution in [2.75, 3.05) is 0 Å². The van der Waals surface area contributed by atoms with Crippen molar-refractivity contribution in [3.63, 3.8) is 0 Å². The first-order valence-corrected chi connectivity index (χ1v) is 6.69. The molecule has 7 heteroatoms. The van der Waals surface area contributed by atoms with Crippen LogP contribution in [-0.2, 0) is 0 Å². The lowest BCUT2D eigenvalue weighted by Crippen LogP contribution is -2.00. The smallest absolute Gasteiger partial charge is 0.337 e. The van der Waals surface area contributed by atoms with Gasteiger partial charge in [0.2, 0.25) is 0 Å². The van der Waals surface area contributed by atoms with Crippen LogP contribution in [-0.4, -0.2) is 11.1 Å². The predicted octanol–water partition coefficient (Wildman–Crippen LogP) is 5.80. The van der Waals surface area contributed by atoms with Crippen LogP contribution in [0.5, 0.6) is 0 Å². The Morgan fingerprint density at radius 2 is 1.60 bits per heavy atom. The molecule has 0 heterocycles. The standard InChI is InChI=1S/C13H5Cl4FO2/c14-5-1-7(12(17)10(16)2-5)6-3-9(15)8(13(19)20)4-11(6)18/h1-4H,(H,19,20). The first-order chi connectivity index (χ1) is 9.31. The number of halogens is 5. The number of hydrogen-bond donors (Lipinski definition) is 1. The molecule has 104 valence electrons. The molecule has 0 saturated carbocycles. The maximum Gasteiger partial charge on any atom is 0.337 e. The number of rotatable bonds is 2. The van der Waals surface area contributed by atoms with Crippen LogP contribution >= 0.6 is 46.4 Å². The topological polar surface area (TPSA) is 37.3 Å². The van der Waals surface area contributed by atoms with Crippen LogP contribution in [0, 0.1) is 5.82 Å². The van der Waals surface area contributed by atoms with Crippen LogP contribution in [0.25, 0.3) is 11.1 Å². The van der Waals surface area contributed by atoms with Crippen LogP contribution in [0.3, 0.4) is 0 Å². The second kappa shape index (κ2) is 5.78. The van der Waals surface area contributed by atoms with Crippen LogP contribution in [0.2, 0.25) is 20.1 Å². The minimum Gasteiger partial charge on any atom is -0.478 e. The molecule has 2 nitrogen and oxygen atoms in total. The summed E-state index contributed by atoms with van der Waals surface area (Å²) in [6.45, 7) is 0. The van der Waals surface area contributed by atoms with Gasteiger partial charge in [-0.15, -0.1) is 0 Å². The number of aromatic carboxylic acids is 1. The van der Waals surface area contributed by atoms with Gasteiger partial charge in [-0.2, -0.15) is 0 Å². The summed E-state index contributed by atoms with van der Waals surface area (Å²) in [5.74, 6) is -2.11. The molecule has 0 spiro atoms. The number of hydrogen-bond acceptors (Lipinski definition) is 1. The van der Waals surface area contributed by atoms with Crippen molar-refractivity contribution >= 4 is 52.4 Å². The molecule has 2 aromatic carbocycles. The quantitative estimate of drug-likeness (QED) is 0.692. The van der Waals surface area contributed by atoms with Gasteiger partial charge in [0.15, 0.2) is 0 Å². The van der Waals surface area contributed by atoms with Gasteiger partial charge >= 0.3 is 5.97 Å². The second-order valence-corrected chi connectivity index (χ2v) is 5.50. The molecule has 0 fully saturated rings. The number of carboxylic acids is 1. The molecule has 0 aromatic heterocycles. The number of benzene rings is 2. The summed E-state index contributed by atoms with van der Waals surface area (Å²) >= 11 is 23.6. The van der Waals surface area contributed by atoms with E-state index in [2.05, 4.69) is 0 Å². The molecule has 0 unspecified atom stereocenters. The van der Waals surface area contributed by atoms with Gasteiger partial charge in [-0.05, 0) is 24.3 Å². The first kappa shape index (κ1) is 15.4. The summed E-state index contributed by atoms with van der Waals surface area (Å²) in [6.07, 6.45) is 0. The highest BCUT2D eigenvalue weighted by molar-refractivity contribution is 6.45. The Labute approximate surface area is 133 Å². The van der Waals surface area contributed by atoms with Gasteiger partial charge in [0.05, 0.1) is 20.6 Å². The van der Waals surface area contributed by atoms with Crippen molar-refractivity contribution < 1.29 is 14.3 Å². The lowest BCUT2D eigenvalue weighted by molar-refractivity contribution is 0.0696. The van der Waals surface area contributed by atoms with E-state index >= 15 is 0 Å². The van der Waals surface area contributed by atoms with E-state index in [0.717, 1.165) is 6.07 Å². The molecule has 0 aliphatic rings. The monoisotopic (exact) mass is 352 g/mol. The highest BCUT2D eigenvalue weighted by atomic mass is 35.5. The minimum atomic E-state index is -1.32. The second-order valence-electron chi connectivity index (χ2n) is 3.87. The Morgan fingerprint density at radius 3 is 2.20 bits per heavy atom. The largest absolute Gasteiger partial charge is 0.478 e. The Kier molecular flexibility index (Phi) is 4.45. The summed E-state index contributed by atoms with van der Waals surface area (Å²) in [5.41, 5.74) is -0.0768. The fourth-order valence-corrected chi connectivity index (χ4v) is 2.62. The van der Waals surface area contributed by atoms with Crippen LogP contribution < -0.4 is 0 Å². The predicted molar refractivity (Wildman–Crippen MR) is 78.8 cm³/mol. The van der Waals surface area contributed by atoms with E-state index in [9.17, 15) is 9.18 Å². The number of carbonyl (C=O) groups is 1. The van der Waals surface area contributed by atoms with Crippen molar-refractivity contribution in [1.82, 2.24) is 0 Å². The third-order valence-electron chi connectivity index (χ3n) is 2.57. The fraction of sp³-hybridized carbons (Fsp3) is 0. The highest BCUT2D eigenvalue weighted by Gasteiger charge is 2.18. The fourth-order valence-electron chi connectivity index (χ4n) is 1.67. The van der Waals surface area contributed by atoms with E-state index in [1.807, 2.05) is 0 Å². The van der Waals surface area contributed by atoms with E-state index < -0.39 is 11.8 Å². The summed E-state index contributed by atoms with van der Waals surface area (Å²) in [4.78, 5) is 10.9. The zero-order valence-electron chi connectivity index (χ0n) is 9.55. The average molecular weight is 354 g/mol. The van der Waals surface area contributed by atoms with Crippen LogP contribution in [0.1, 0.15) is 10.4 Å². The van der Waals surface area contributed by atoms with Crippen molar-refractivity contribution in [1.29, 1.82) is 0 Å². The molecule has 1 N–H and O–H groups in total. The van der Waals surface area contributed by atoms with Gasteiger partial charge in [0.1, 0.15) is 5.82 Å². The molecule has 2 aromatic rings. The van der Waals surface area contributed by atoms with Crippen molar-refractivity contribution in [3.05, 3.63) is 55.7 Å². The molecule has 0 amide bonds. The first-order valence-electron chi connectivity index (χ1n) is 5.18. The zero-order chi connectivity index (χ0) is 15.0. The molecule has 0 aliphatic heterocycles. The minimum absolute atomic E-state index is 0.0226. The maximum absolute atomic E-state index is 14.1. The summed E-state index contributed by atoms with van der Waals surface area (Å²) in [6, 6.07) is 4.84. The van der Waals surface area contributed by atoms with Gasteiger partial charge in [-0.1, -0.05) is 46.4 Å². The maximum atomic E-state index is 14.1. The van der Waals surface area contributed by atoms with E-state index in [1.54, 1.807) is 0 Å². The lowest BCUT2D eigenvalue weighted by atomic mass is 10.0. The normalized spacial score (nSPS) is 10.7. The molecule has 0 aliphatic carbocycles. The van der Waals surface area contributed by atoms with Crippen molar-refractivity contribution in [2.24, 2.45) is 0 Å². The third-order valence-corrected chi connectivity index (χ3v) is 3.90. The van der Waals surface area contributed by atoms with Gasteiger partial charge in [-0.3, -0.25) is 0 Å². The Bertz CT molecular complexity index is 716. The van der Waals surface area contributed by atoms with Crippen LogP contribution in [0.15, 0.2) is 24.3 Å². The lowest BCUT2D eigenvalue weighted by Gasteiger charge is -2.10. The van der Waals surface area contributed by atoms with Gasteiger partial charge in [0, 0.05) is 16.1 Å². The molecule has 0 atom stereocenters. The summed E-state index contributed by atoms with van der Waals surface area (Å²) < 4.78 is 14.1. The molecule has 20 heavy (non-hydrogen) atoms. The van der Waals surface area contributed by atoms with Gasteiger partial charge < -0.3 is 5.11 Å². The summed E-state index contributed by atoms with van der Waals surface area (Å²) in [7, 11) is 0. The molecule has 0 saturated heterocycles. The van der Waals surface area contributed by atoms with Crippen molar-refractivity contribution in [2.45, 2.75) is 0 Å². The van der Waals surface area contributed by atoms with E-state index in [4.69, 9.17) is 51.5 Å². The third kappa shape index (κ3) is 2.86.